The Hall–Kier alpha value is 0.0300. The summed E-state index contributed by atoms with van der Waals surface area (Å²) < 4.78 is 124. The van der Waals surface area contributed by atoms with Gasteiger partial charge < -0.3 is 18.1 Å². The smallest absolute Gasteiger partial charge is 0.310 e. The van der Waals surface area contributed by atoms with Crippen LogP contribution in [-0.4, -0.2) is 59.4 Å². The molecule has 2 heterocycles. The number of halogens is 6. The van der Waals surface area contributed by atoms with Crippen molar-refractivity contribution in [2.24, 2.45) is 13.5 Å². The van der Waals surface area contributed by atoms with Crippen molar-refractivity contribution in [3.63, 3.8) is 0 Å². The third-order valence-electron chi connectivity index (χ3n) is 3.38. The fourth-order valence-electron chi connectivity index (χ4n) is 1.84. The van der Waals surface area contributed by atoms with E-state index in [2.05, 4.69) is 13.5 Å². The lowest BCUT2D eigenvalue weighted by atomic mass is 10.1. The first-order valence-corrected chi connectivity index (χ1v) is 11.4. The van der Waals surface area contributed by atoms with E-state index in [1.807, 2.05) is 0 Å². The third kappa shape index (κ3) is 3.91. The zero-order valence-corrected chi connectivity index (χ0v) is 17.0. The zero-order chi connectivity index (χ0) is 20.8. The Balaban J connectivity index is 2.78. The van der Waals surface area contributed by atoms with E-state index in [0.717, 1.165) is 28.4 Å². The molecule has 0 spiro atoms. The number of alkyl halides is 6. The average Bonchev–Trinajstić information content (AvgIpc) is 2.63. The molecule has 9 nitrogen and oxygen atoms in total. The number of hydrogen-bond acceptors (Lipinski definition) is 9. The first kappa shape index (κ1) is 23.3. The Bertz CT molecular complexity index is 724. The van der Waals surface area contributed by atoms with Crippen molar-refractivity contribution in [2.75, 3.05) is 41.7 Å². The molecule has 160 valence electrons. The Labute approximate surface area is 150 Å². The number of rotatable bonds is 4. The Morgan fingerprint density at radius 1 is 0.667 bits per heavy atom. The normalized spacial score (nSPS) is 36.7. The van der Waals surface area contributed by atoms with Gasteiger partial charge in [-0.05, 0) is 0 Å². The molecular weight excluding hydrogens is 453 g/mol. The molecule has 0 aliphatic carbocycles. The lowest BCUT2D eigenvalue weighted by Gasteiger charge is -2.37. The second-order valence-electron chi connectivity index (χ2n) is 5.00. The summed E-state index contributed by atoms with van der Waals surface area (Å²) in [5.74, 6) is -16.4. The minimum Gasteiger partial charge on any atom is -0.310 e. The van der Waals surface area contributed by atoms with Crippen molar-refractivity contribution in [1.29, 1.82) is 0 Å². The Morgan fingerprint density at radius 2 is 1.07 bits per heavy atom. The van der Waals surface area contributed by atoms with Gasteiger partial charge in [0.15, 0.2) is 0 Å². The summed E-state index contributed by atoms with van der Waals surface area (Å²) in [6, 6.07) is 0. The molecule has 18 heteroatoms. The highest BCUT2D eigenvalue weighted by Gasteiger charge is 2.72. The molecule has 0 fully saturated rings. The summed E-state index contributed by atoms with van der Waals surface area (Å²) in [5, 5.41) is 0. The van der Waals surface area contributed by atoms with E-state index in [9.17, 15) is 26.3 Å². The van der Waals surface area contributed by atoms with Crippen molar-refractivity contribution >= 4 is 23.0 Å². The number of nitrogens with zero attached hydrogens (tertiary/aromatic N) is 3. The molecule has 27 heavy (non-hydrogen) atoms. The highest BCUT2D eigenvalue weighted by atomic mass is 31.3. The van der Waals surface area contributed by atoms with Gasteiger partial charge >= 0.3 is 40.7 Å². The van der Waals surface area contributed by atoms with Gasteiger partial charge in [-0.1, -0.05) is 0 Å². The standard InChI is InChI=1S/C9H16F6N3O6P3/c1-19-25(20-2)16-26(21-3)18-27(17-25,22-4)24-6-8(12,13)9(14,15)7(10,11)5-23-26/h5-6H2,1-4H3/t26-,27+. The van der Waals surface area contributed by atoms with Crippen LogP contribution >= 0.6 is 23.0 Å². The van der Waals surface area contributed by atoms with Gasteiger partial charge in [-0.2, -0.15) is 26.3 Å². The first-order valence-electron chi connectivity index (χ1n) is 6.85. The maximum atomic E-state index is 13.9. The first-order chi connectivity index (χ1) is 12.3. The SMILES string of the molecule is COP1(OC)=N[P@]2(OC)=N[P@](OC)(=N1)OCC(F)(F)C(F)(F)C(F)(F)CO2. The van der Waals surface area contributed by atoms with Crippen molar-refractivity contribution < 1.29 is 53.5 Å². The molecule has 2 bridgehead atoms. The Morgan fingerprint density at radius 3 is 1.44 bits per heavy atom. The third-order valence-corrected chi connectivity index (χ3v) is 11.6. The van der Waals surface area contributed by atoms with E-state index in [-0.39, 0.29) is 0 Å². The molecule has 0 aromatic heterocycles. The van der Waals surface area contributed by atoms with Crippen LogP contribution in [-0.2, 0) is 27.1 Å². The van der Waals surface area contributed by atoms with Gasteiger partial charge in [0.25, 0.3) is 0 Å². The summed E-state index contributed by atoms with van der Waals surface area (Å²) in [5.41, 5.74) is 0. The lowest BCUT2D eigenvalue weighted by molar-refractivity contribution is -0.320. The number of hydrogen-bond donors (Lipinski definition) is 0. The van der Waals surface area contributed by atoms with Crippen LogP contribution in [0.15, 0.2) is 13.5 Å². The summed E-state index contributed by atoms with van der Waals surface area (Å²) in [7, 11) is -8.00. The number of fused-ring (bicyclic) bond motifs is 1. The van der Waals surface area contributed by atoms with Crippen LogP contribution in [0.3, 0.4) is 0 Å². The molecule has 2 aliphatic heterocycles. The molecule has 0 N–H and O–H groups in total. The summed E-state index contributed by atoms with van der Waals surface area (Å²) in [6.07, 6.45) is 0. The van der Waals surface area contributed by atoms with Crippen LogP contribution in [0.2, 0.25) is 0 Å². The van der Waals surface area contributed by atoms with E-state index in [1.165, 1.54) is 0 Å². The van der Waals surface area contributed by atoms with E-state index >= 15 is 0 Å². The molecule has 2 aliphatic rings. The molecule has 0 aromatic rings. The van der Waals surface area contributed by atoms with E-state index < -0.39 is 54.0 Å². The van der Waals surface area contributed by atoms with Crippen molar-refractivity contribution in [2.45, 2.75) is 17.8 Å². The molecule has 0 saturated carbocycles. The Kier molecular flexibility index (Phi) is 6.37. The van der Waals surface area contributed by atoms with E-state index in [4.69, 9.17) is 27.1 Å². The van der Waals surface area contributed by atoms with Gasteiger partial charge in [0.2, 0.25) is 0 Å². The summed E-state index contributed by atoms with van der Waals surface area (Å²) >= 11 is 0. The fraction of sp³-hybridized carbons (Fsp3) is 1.00. The molecule has 0 aromatic carbocycles. The molecule has 0 radical (unpaired) electrons. The summed E-state index contributed by atoms with van der Waals surface area (Å²) in [6.45, 7) is -4.33. The summed E-state index contributed by atoms with van der Waals surface area (Å²) in [4.78, 5) is 0. The molecule has 0 amide bonds. The second-order valence-corrected chi connectivity index (χ2v) is 12.1. The van der Waals surface area contributed by atoms with Gasteiger partial charge in [-0.3, -0.25) is 9.05 Å². The molecule has 0 unspecified atom stereocenters. The predicted molar refractivity (Wildman–Crippen MR) is 82.8 cm³/mol. The molecule has 2 atom stereocenters. The average molecular weight is 469 g/mol. The molecule has 0 saturated heterocycles. The minimum absolute atomic E-state index is 0.938. The quantitative estimate of drug-likeness (QED) is 0.406. The van der Waals surface area contributed by atoms with Gasteiger partial charge in [-0.15, -0.1) is 13.5 Å². The molecule has 2 rings (SSSR count). The van der Waals surface area contributed by atoms with Crippen molar-refractivity contribution in [3.8, 4) is 0 Å². The van der Waals surface area contributed by atoms with Crippen molar-refractivity contribution in [3.05, 3.63) is 0 Å². The highest BCUT2D eigenvalue weighted by molar-refractivity contribution is 7.78. The van der Waals surface area contributed by atoms with Crippen LogP contribution in [0.25, 0.3) is 0 Å². The van der Waals surface area contributed by atoms with Crippen LogP contribution in [0.4, 0.5) is 26.3 Å². The maximum Gasteiger partial charge on any atom is 0.376 e. The van der Waals surface area contributed by atoms with Gasteiger partial charge in [0, 0.05) is 28.4 Å². The van der Waals surface area contributed by atoms with Crippen LogP contribution < -0.4 is 0 Å². The van der Waals surface area contributed by atoms with Crippen LogP contribution in [0.5, 0.6) is 0 Å². The van der Waals surface area contributed by atoms with Crippen molar-refractivity contribution in [1.82, 2.24) is 0 Å². The van der Waals surface area contributed by atoms with Gasteiger partial charge in [0.05, 0.1) is 0 Å². The largest absolute Gasteiger partial charge is 0.376 e. The molecular formula is C9H16F6N3O6P3. The van der Waals surface area contributed by atoms with Crippen LogP contribution in [0.1, 0.15) is 0 Å². The van der Waals surface area contributed by atoms with E-state index in [0.29, 0.717) is 0 Å². The minimum atomic E-state index is -5.81. The fourth-order valence-corrected chi connectivity index (χ4v) is 10.8. The zero-order valence-electron chi connectivity index (χ0n) is 14.3. The predicted octanol–water partition coefficient (Wildman–Crippen LogP) is 5.38. The topological polar surface area (TPSA) is 92.5 Å². The van der Waals surface area contributed by atoms with Gasteiger partial charge in [0.1, 0.15) is 13.2 Å². The van der Waals surface area contributed by atoms with Crippen LogP contribution in [0, 0.1) is 0 Å². The van der Waals surface area contributed by atoms with Gasteiger partial charge in [-0.25, -0.2) is 0 Å². The lowest BCUT2D eigenvalue weighted by Crippen LogP contribution is -2.58. The van der Waals surface area contributed by atoms with E-state index in [1.54, 1.807) is 0 Å². The second kappa shape index (κ2) is 7.37. The highest BCUT2D eigenvalue weighted by Crippen LogP contribution is 2.80. The monoisotopic (exact) mass is 469 g/mol. The maximum absolute atomic E-state index is 13.9.